The van der Waals surface area contributed by atoms with Gasteiger partial charge in [0.25, 0.3) is 0 Å². The van der Waals surface area contributed by atoms with Gasteiger partial charge in [0.2, 0.25) is 5.91 Å². The molecule has 0 aromatic rings. The molecule has 0 spiro atoms. The molecule has 2 aliphatic rings. The van der Waals surface area contributed by atoms with E-state index in [0.29, 0.717) is 11.8 Å². The number of rotatable bonds is 2. The molecule has 0 aliphatic carbocycles. The van der Waals surface area contributed by atoms with Crippen LogP contribution in [0.4, 0.5) is 0 Å². The highest BCUT2D eigenvalue weighted by Crippen LogP contribution is 2.20. The number of amides is 1. The molecule has 3 nitrogen and oxygen atoms in total. The fourth-order valence-corrected chi connectivity index (χ4v) is 2.54. The molecule has 14 heavy (non-hydrogen) atoms. The number of hydrogen-bond donors (Lipinski definition) is 0. The zero-order valence-corrected chi connectivity index (χ0v) is 9.04. The SMILES string of the molecule is CN1CCC(CC(=O)N2CCCC2)C1. The van der Waals surface area contributed by atoms with Crippen LogP contribution in [0.5, 0.6) is 0 Å². The maximum absolute atomic E-state index is 11.8. The molecular formula is C11H20N2O. The van der Waals surface area contributed by atoms with Crippen molar-refractivity contribution < 1.29 is 4.79 Å². The summed E-state index contributed by atoms with van der Waals surface area (Å²) >= 11 is 0. The Kier molecular flexibility index (Phi) is 3.06. The first-order valence-corrected chi connectivity index (χ1v) is 5.72. The molecule has 2 heterocycles. The fourth-order valence-electron chi connectivity index (χ4n) is 2.54. The summed E-state index contributed by atoms with van der Waals surface area (Å²) in [5, 5.41) is 0. The summed E-state index contributed by atoms with van der Waals surface area (Å²) in [5.74, 6) is 1.01. The Morgan fingerprint density at radius 3 is 2.57 bits per heavy atom. The standard InChI is InChI=1S/C11H20N2O/c1-12-7-4-10(9-12)8-11(14)13-5-2-3-6-13/h10H,2-9H2,1H3. The van der Waals surface area contributed by atoms with Crippen molar-refractivity contribution >= 4 is 5.91 Å². The second-order valence-corrected chi connectivity index (χ2v) is 4.71. The average Bonchev–Trinajstić information content (AvgIpc) is 2.75. The van der Waals surface area contributed by atoms with E-state index >= 15 is 0 Å². The number of carbonyl (C=O) groups excluding carboxylic acids is 1. The van der Waals surface area contributed by atoms with Crippen LogP contribution in [-0.2, 0) is 4.79 Å². The van der Waals surface area contributed by atoms with Crippen LogP contribution < -0.4 is 0 Å². The molecule has 2 saturated heterocycles. The Balaban J connectivity index is 1.76. The van der Waals surface area contributed by atoms with Crippen molar-refractivity contribution in [3.05, 3.63) is 0 Å². The van der Waals surface area contributed by atoms with Crippen molar-refractivity contribution in [1.29, 1.82) is 0 Å². The summed E-state index contributed by atoms with van der Waals surface area (Å²) in [4.78, 5) is 16.2. The van der Waals surface area contributed by atoms with Gasteiger partial charge >= 0.3 is 0 Å². The van der Waals surface area contributed by atoms with Gasteiger partial charge in [-0.2, -0.15) is 0 Å². The van der Waals surface area contributed by atoms with Gasteiger partial charge in [0.15, 0.2) is 0 Å². The molecule has 3 heteroatoms. The molecule has 2 rings (SSSR count). The summed E-state index contributed by atoms with van der Waals surface area (Å²) in [6, 6.07) is 0. The van der Waals surface area contributed by atoms with Crippen LogP contribution in [0.1, 0.15) is 25.7 Å². The molecule has 1 amide bonds. The Labute approximate surface area is 86.1 Å². The quantitative estimate of drug-likeness (QED) is 0.656. The molecule has 2 fully saturated rings. The van der Waals surface area contributed by atoms with Crippen LogP contribution in [0.2, 0.25) is 0 Å². The smallest absolute Gasteiger partial charge is 0.222 e. The third-order valence-electron chi connectivity index (χ3n) is 3.41. The minimum absolute atomic E-state index is 0.391. The molecule has 2 aliphatic heterocycles. The predicted molar refractivity (Wildman–Crippen MR) is 56.0 cm³/mol. The molecule has 1 unspecified atom stereocenters. The lowest BCUT2D eigenvalue weighted by atomic mass is 10.0. The van der Waals surface area contributed by atoms with Gasteiger partial charge < -0.3 is 9.80 Å². The number of nitrogens with zero attached hydrogens (tertiary/aromatic N) is 2. The highest BCUT2D eigenvalue weighted by molar-refractivity contribution is 5.76. The van der Waals surface area contributed by atoms with Crippen molar-refractivity contribution in [2.45, 2.75) is 25.7 Å². The first-order valence-electron chi connectivity index (χ1n) is 5.72. The van der Waals surface area contributed by atoms with Crippen molar-refractivity contribution in [2.24, 2.45) is 5.92 Å². The third kappa shape index (κ3) is 2.27. The van der Waals surface area contributed by atoms with E-state index < -0.39 is 0 Å². The Morgan fingerprint density at radius 1 is 1.29 bits per heavy atom. The lowest BCUT2D eigenvalue weighted by Gasteiger charge is -2.17. The van der Waals surface area contributed by atoms with E-state index in [1.807, 2.05) is 4.90 Å². The van der Waals surface area contributed by atoms with Crippen molar-refractivity contribution in [3.8, 4) is 0 Å². The van der Waals surface area contributed by atoms with Gasteiger partial charge in [-0.05, 0) is 38.8 Å². The van der Waals surface area contributed by atoms with Gasteiger partial charge in [0.05, 0.1) is 0 Å². The zero-order valence-electron chi connectivity index (χ0n) is 9.04. The molecule has 0 N–H and O–H groups in total. The lowest BCUT2D eigenvalue weighted by molar-refractivity contribution is -0.131. The van der Waals surface area contributed by atoms with Gasteiger partial charge in [-0.1, -0.05) is 0 Å². The third-order valence-corrected chi connectivity index (χ3v) is 3.41. The van der Waals surface area contributed by atoms with Crippen molar-refractivity contribution in [1.82, 2.24) is 9.80 Å². The van der Waals surface area contributed by atoms with Gasteiger partial charge in [-0.15, -0.1) is 0 Å². The average molecular weight is 196 g/mol. The van der Waals surface area contributed by atoms with E-state index in [0.717, 1.165) is 32.6 Å². The van der Waals surface area contributed by atoms with E-state index in [1.54, 1.807) is 0 Å². The monoisotopic (exact) mass is 196 g/mol. The van der Waals surface area contributed by atoms with Gasteiger partial charge in [0.1, 0.15) is 0 Å². The zero-order chi connectivity index (χ0) is 9.97. The number of carbonyl (C=O) groups is 1. The second-order valence-electron chi connectivity index (χ2n) is 4.71. The van der Waals surface area contributed by atoms with E-state index in [2.05, 4.69) is 11.9 Å². The molecule has 80 valence electrons. The largest absolute Gasteiger partial charge is 0.343 e. The van der Waals surface area contributed by atoms with Crippen LogP contribution in [0.15, 0.2) is 0 Å². The molecule has 0 aromatic carbocycles. The summed E-state index contributed by atoms with van der Waals surface area (Å²) in [7, 11) is 2.14. The lowest BCUT2D eigenvalue weighted by Crippen LogP contribution is -2.29. The first kappa shape index (κ1) is 9.97. The summed E-state index contributed by atoms with van der Waals surface area (Å²) in [6.45, 7) is 4.28. The van der Waals surface area contributed by atoms with Crippen LogP contribution >= 0.6 is 0 Å². The maximum atomic E-state index is 11.8. The van der Waals surface area contributed by atoms with Crippen molar-refractivity contribution in [3.63, 3.8) is 0 Å². The molecule has 0 bridgehead atoms. The predicted octanol–water partition coefficient (Wildman–Crippen LogP) is 0.951. The van der Waals surface area contributed by atoms with E-state index in [9.17, 15) is 4.79 Å². The minimum atomic E-state index is 0.391. The molecule has 0 saturated carbocycles. The molecule has 0 aromatic heterocycles. The Morgan fingerprint density at radius 2 is 2.00 bits per heavy atom. The Hall–Kier alpha value is -0.570. The van der Waals surface area contributed by atoms with Gasteiger partial charge in [0, 0.05) is 26.1 Å². The van der Waals surface area contributed by atoms with Crippen LogP contribution in [0.25, 0.3) is 0 Å². The van der Waals surface area contributed by atoms with Crippen LogP contribution in [0, 0.1) is 5.92 Å². The highest BCUT2D eigenvalue weighted by atomic mass is 16.2. The Bertz CT molecular complexity index is 211. The summed E-state index contributed by atoms with van der Waals surface area (Å²) < 4.78 is 0. The van der Waals surface area contributed by atoms with E-state index in [1.165, 1.54) is 19.3 Å². The van der Waals surface area contributed by atoms with E-state index in [-0.39, 0.29) is 0 Å². The van der Waals surface area contributed by atoms with Crippen molar-refractivity contribution in [2.75, 3.05) is 33.2 Å². The topological polar surface area (TPSA) is 23.6 Å². The first-order chi connectivity index (χ1) is 6.75. The summed E-state index contributed by atoms with van der Waals surface area (Å²) in [6.07, 6.45) is 4.40. The summed E-state index contributed by atoms with van der Waals surface area (Å²) in [5.41, 5.74) is 0. The van der Waals surface area contributed by atoms with Crippen LogP contribution in [-0.4, -0.2) is 48.9 Å². The molecule has 0 radical (unpaired) electrons. The normalized spacial score (nSPS) is 28.6. The van der Waals surface area contributed by atoms with Crippen LogP contribution in [0.3, 0.4) is 0 Å². The number of likely N-dealkylation sites (tertiary alicyclic amines) is 2. The van der Waals surface area contributed by atoms with Gasteiger partial charge in [-0.3, -0.25) is 4.79 Å². The molecule has 1 atom stereocenters. The van der Waals surface area contributed by atoms with E-state index in [4.69, 9.17) is 0 Å². The highest BCUT2D eigenvalue weighted by Gasteiger charge is 2.25. The van der Waals surface area contributed by atoms with Gasteiger partial charge in [-0.25, -0.2) is 0 Å². The minimum Gasteiger partial charge on any atom is -0.343 e. The number of hydrogen-bond acceptors (Lipinski definition) is 2. The second kappa shape index (κ2) is 4.30. The fraction of sp³-hybridized carbons (Fsp3) is 0.909. The molecular weight excluding hydrogens is 176 g/mol. The maximum Gasteiger partial charge on any atom is 0.222 e.